The van der Waals surface area contributed by atoms with Crippen molar-refractivity contribution in [1.29, 1.82) is 0 Å². The molecule has 4 N–H and O–H groups in total. The molecule has 19 heavy (non-hydrogen) atoms. The van der Waals surface area contributed by atoms with Crippen molar-refractivity contribution in [3.63, 3.8) is 0 Å². The van der Waals surface area contributed by atoms with Gasteiger partial charge in [-0.2, -0.15) is 0 Å². The van der Waals surface area contributed by atoms with Crippen LogP contribution in [0.25, 0.3) is 0 Å². The Bertz CT molecular complexity index is 435. The molecule has 0 amide bonds. The molecule has 0 bridgehead atoms. The van der Waals surface area contributed by atoms with E-state index in [1.165, 1.54) is 0 Å². The zero-order chi connectivity index (χ0) is 14.0. The van der Waals surface area contributed by atoms with Gasteiger partial charge in [-0.05, 0) is 12.8 Å². The third-order valence-electron chi connectivity index (χ3n) is 3.32. The summed E-state index contributed by atoms with van der Waals surface area (Å²) in [6.45, 7) is 7.85. The Morgan fingerprint density at radius 1 is 1.32 bits per heavy atom. The van der Waals surface area contributed by atoms with Crippen molar-refractivity contribution in [2.24, 2.45) is 5.84 Å². The van der Waals surface area contributed by atoms with Gasteiger partial charge in [0.05, 0.1) is 6.10 Å². The number of hydrazine groups is 1. The summed E-state index contributed by atoms with van der Waals surface area (Å²) >= 11 is 0. The molecule has 0 aromatic carbocycles. The average Bonchev–Trinajstić information content (AvgIpc) is 2.38. The van der Waals surface area contributed by atoms with Crippen LogP contribution in [0.1, 0.15) is 39.4 Å². The van der Waals surface area contributed by atoms with Crippen LogP contribution in [0.15, 0.2) is 6.07 Å². The Labute approximate surface area is 114 Å². The maximum atomic E-state index is 9.57. The van der Waals surface area contributed by atoms with Crippen molar-refractivity contribution in [3.8, 4) is 0 Å². The lowest BCUT2D eigenvalue weighted by atomic mass is 9.95. The van der Waals surface area contributed by atoms with Crippen LogP contribution >= 0.6 is 0 Å². The summed E-state index contributed by atoms with van der Waals surface area (Å²) in [7, 11) is 0. The van der Waals surface area contributed by atoms with E-state index in [1.54, 1.807) is 0 Å². The van der Waals surface area contributed by atoms with E-state index in [2.05, 4.69) is 41.1 Å². The van der Waals surface area contributed by atoms with Gasteiger partial charge in [0.25, 0.3) is 0 Å². The number of aromatic nitrogens is 2. The highest BCUT2D eigenvalue weighted by atomic mass is 16.3. The normalized spacial score (nSPS) is 17.6. The van der Waals surface area contributed by atoms with Gasteiger partial charge in [0.15, 0.2) is 0 Å². The van der Waals surface area contributed by atoms with Crippen LogP contribution < -0.4 is 16.2 Å². The number of hydrogen-bond acceptors (Lipinski definition) is 6. The van der Waals surface area contributed by atoms with Gasteiger partial charge in [-0.1, -0.05) is 20.8 Å². The smallest absolute Gasteiger partial charge is 0.145 e. The lowest BCUT2D eigenvalue weighted by Gasteiger charge is -2.31. The maximum absolute atomic E-state index is 9.57. The van der Waals surface area contributed by atoms with E-state index < -0.39 is 0 Å². The first-order valence-electron chi connectivity index (χ1n) is 6.69. The summed E-state index contributed by atoms with van der Waals surface area (Å²) in [5.74, 6) is 7.75. The molecular formula is C13H23N5O. The molecule has 2 heterocycles. The number of aliphatic hydroxyl groups is 1. The van der Waals surface area contributed by atoms with Crippen LogP contribution in [0.4, 0.5) is 11.6 Å². The summed E-state index contributed by atoms with van der Waals surface area (Å²) in [4.78, 5) is 11.2. The van der Waals surface area contributed by atoms with Gasteiger partial charge < -0.3 is 15.4 Å². The second-order valence-corrected chi connectivity index (χ2v) is 6.05. The first kappa shape index (κ1) is 14.0. The summed E-state index contributed by atoms with van der Waals surface area (Å²) in [6, 6.07) is 1.85. The number of nitrogen functional groups attached to an aromatic ring is 1. The first-order chi connectivity index (χ1) is 8.90. The Hall–Kier alpha value is -1.40. The van der Waals surface area contributed by atoms with Crippen LogP contribution in [0.2, 0.25) is 0 Å². The number of piperidine rings is 1. The predicted octanol–water partition coefficient (Wildman–Crippen LogP) is 1.02. The molecule has 0 atom stereocenters. The highest BCUT2D eigenvalue weighted by Gasteiger charge is 2.23. The second kappa shape index (κ2) is 5.30. The molecule has 0 spiro atoms. The monoisotopic (exact) mass is 265 g/mol. The fraction of sp³-hybridized carbons (Fsp3) is 0.692. The highest BCUT2D eigenvalue weighted by molar-refractivity contribution is 5.49. The van der Waals surface area contributed by atoms with Crippen molar-refractivity contribution in [2.75, 3.05) is 23.4 Å². The molecule has 6 nitrogen and oxygen atoms in total. The number of hydrogen-bond donors (Lipinski definition) is 3. The third kappa shape index (κ3) is 3.33. The topological polar surface area (TPSA) is 87.3 Å². The molecule has 6 heteroatoms. The van der Waals surface area contributed by atoms with Gasteiger partial charge >= 0.3 is 0 Å². The lowest BCUT2D eigenvalue weighted by Crippen LogP contribution is -2.37. The minimum atomic E-state index is -0.188. The number of aliphatic hydroxyl groups excluding tert-OH is 1. The summed E-state index contributed by atoms with van der Waals surface area (Å²) in [5, 5.41) is 9.57. The first-order valence-corrected chi connectivity index (χ1v) is 6.69. The molecule has 1 saturated heterocycles. The van der Waals surface area contributed by atoms with Crippen LogP contribution in [0, 0.1) is 0 Å². The highest BCUT2D eigenvalue weighted by Crippen LogP contribution is 2.25. The minimum Gasteiger partial charge on any atom is -0.393 e. The lowest BCUT2D eigenvalue weighted by molar-refractivity contribution is 0.145. The van der Waals surface area contributed by atoms with E-state index in [0.717, 1.165) is 37.6 Å². The third-order valence-corrected chi connectivity index (χ3v) is 3.32. The van der Waals surface area contributed by atoms with Crippen molar-refractivity contribution < 1.29 is 5.11 Å². The van der Waals surface area contributed by atoms with Gasteiger partial charge in [0.1, 0.15) is 17.5 Å². The second-order valence-electron chi connectivity index (χ2n) is 6.05. The van der Waals surface area contributed by atoms with E-state index in [1.807, 2.05) is 6.07 Å². The van der Waals surface area contributed by atoms with Crippen molar-refractivity contribution in [1.82, 2.24) is 9.97 Å². The quantitative estimate of drug-likeness (QED) is 0.546. The molecule has 2 rings (SSSR count). The van der Waals surface area contributed by atoms with Crippen LogP contribution in [-0.4, -0.2) is 34.3 Å². The largest absolute Gasteiger partial charge is 0.393 e. The van der Waals surface area contributed by atoms with E-state index >= 15 is 0 Å². The van der Waals surface area contributed by atoms with Crippen LogP contribution in [0.5, 0.6) is 0 Å². The summed E-state index contributed by atoms with van der Waals surface area (Å²) in [5.41, 5.74) is 2.47. The Kier molecular flexibility index (Phi) is 3.91. The molecule has 0 aliphatic carbocycles. The van der Waals surface area contributed by atoms with Crippen LogP contribution in [0.3, 0.4) is 0 Å². The molecular weight excluding hydrogens is 242 g/mol. The van der Waals surface area contributed by atoms with Crippen LogP contribution in [-0.2, 0) is 5.41 Å². The van der Waals surface area contributed by atoms with Crippen molar-refractivity contribution in [2.45, 2.75) is 45.1 Å². The summed E-state index contributed by atoms with van der Waals surface area (Å²) < 4.78 is 0. The molecule has 1 aliphatic heterocycles. The van der Waals surface area contributed by atoms with Crippen molar-refractivity contribution in [3.05, 3.63) is 11.9 Å². The molecule has 1 aliphatic rings. The number of nitrogens with one attached hydrogen (secondary N) is 1. The fourth-order valence-electron chi connectivity index (χ4n) is 2.10. The predicted molar refractivity (Wildman–Crippen MR) is 76.0 cm³/mol. The molecule has 1 aromatic heterocycles. The van der Waals surface area contributed by atoms with E-state index in [4.69, 9.17) is 5.84 Å². The van der Waals surface area contributed by atoms with E-state index in [9.17, 15) is 5.11 Å². The van der Waals surface area contributed by atoms with Crippen molar-refractivity contribution >= 4 is 11.6 Å². The summed E-state index contributed by atoms with van der Waals surface area (Å²) in [6.07, 6.45) is 1.37. The van der Waals surface area contributed by atoms with E-state index in [0.29, 0.717) is 5.82 Å². The van der Waals surface area contributed by atoms with Gasteiger partial charge in [-0.15, -0.1) is 0 Å². The fourth-order valence-corrected chi connectivity index (χ4v) is 2.10. The Morgan fingerprint density at radius 2 is 1.95 bits per heavy atom. The molecule has 106 valence electrons. The van der Waals surface area contributed by atoms with Gasteiger partial charge in [0, 0.05) is 24.6 Å². The zero-order valence-corrected chi connectivity index (χ0v) is 11.8. The SMILES string of the molecule is CC(C)(C)c1nc(NN)cc(N2CCC(O)CC2)n1. The zero-order valence-electron chi connectivity index (χ0n) is 11.8. The van der Waals surface area contributed by atoms with Gasteiger partial charge in [-0.3, -0.25) is 0 Å². The van der Waals surface area contributed by atoms with E-state index in [-0.39, 0.29) is 11.5 Å². The average molecular weight is 265 g/mol. The maximum Gasteiger partial charge on any atom is 0.145 e. The standard InChI is InChI=1S/C13H23N5O/c1-13(2,3)12-15-10(17-14)8-11(16-12)18-6-4-9(19)5-7-18/h8-9,19H,4-7,14H2,1-3H3,(H,15,16,17). The Balaban J connectivity index is 2.29. The number of rotatable bonds is 2. The molecule has 0 saturated carbocycles. The molecule has 1 aromatic rings. The molecule has 0 radical (unpaired) electrons. The number of nitrogens with two attached hydrogens (primary N) is 1. The Morgan fingerprint density at radius 3 is 2.47 bits per heavy atom. The molecule has 1 fully saturated rings. The van der Waals surface area contributed by atoms with Gasteiger partial charge in [-0.25, -0.2) is 15.8 Å². The minimum absolute atomic E-state index is 0.128. The molecule has 0 unspecified atom stereocenters. The van der Waals surface area contributed by atoms with Gasteiger partial charge in [0.2, 0.25) is 0 Å². The number of nitrogens with zero attached hydrogens (tertiary/aromatic N) is 3. The number of anilines is 2.